The van der Waals surface area contributed by atoms with Crippen molar-refractivity contribution in [1.29, 1.82) is 0 Å². The molecule has 2 heterocycles. The Hall–Kier alpha value is -3.52. The van der Waals surface area contributed by atoms with Crippen molar-refractivity contribution in [3.63, 3.8) is 0 Å². The summed E-state index contributed by atoms with van der Waals surface area (Å²) >= 11 is 6.36. The van der Waals surface area contributed by atoms with E-state index in [1.807, 2.05) is 0 Å². The monoisotopic (exact) mass is 440 g/mol. The van der Waals surface area contributed by atoms with Gasteiger partial charge in [0.15, 0.2) is 0 Å². The zero-order valence-corrected chi connectivity index (χ0v) is 17.8. The van der Waals surface area contributed by atoms with Gasteiger partial charge in [-0.1, -0.05) is 11.6 Å². The van der Waals surface area contributed by atoms with Crippen LogP contribution in [0, 0.1) is 5.92 Å². The molecule has 2 amide bonds. The lowest BCUT2D eigenvalue weighted by Crippen LogP contribution is -2.28. The third-order valence-corrected chi connectivity index (χ3v) is 5.47. The smallest absolute Gasteiger partial charge is 0.229 e. The van der Waals surface area contributed by atoms with Gasteiger partial charge in [0.1, 0.15) is 11.5 Å². The number of amides is 2. The third kappa shape index (κ3) is 4.20. The zero-order chi connectivity index (χ0) is 22.0. The molecule has 9 heteroatoms. The molecule has 8 nitrogen and oxygen atoms in total. The fraction of sp³-hybridized carbons (Fsp3) is 0.227. The van der Waals surface area contributed by atoms with Gasteiger partial charge in [0.25, 0.3) is 0 Å². The van der Waals surface area contributed by atoms with Gasteiger partial charge in [0.2, 0.25) is 11.8 Å². The maximum atomic E-state index is 12.8. The van der Waals surface area contributed by atoms with Crippen LogP contribution in [0.25, 0.3) is 5.69 Å². The first-order chi connectivity index (χ1) is 15.0. The number of methoxy groups -OCH3 is 2. The molecular formula is C22H21ClN4O4. The summed E-state index contributed by atoms with van der Waals surface area (Å²) in [6, 6.07) is 10.5. The van der Waals surface area contributed by atoms with Gasteiger partial charge in [-0.2, -0.15) is 0 Å². The Balaban J connectivity index is 1.48. The molecule has 1 N–H and O–H groups in total. The molecule has 0 aliphatic carbocycles. The summed E-state index contributed by atoms with van der Waals surface area (Å²) in [5.41, 5.74) is 1.89. The first kappa shape index (κ1) is 20.7. The van der Waals surface area contributed by atoms with Crippen LogP contribution < -0.4 is 19.7 Å². The van der Waals surface area contributed by atoms with Crippen LogP contribution >= 0.6 is 11.6 Å². The second-order valence-corrected chi connectivity index (χ2v) is 7.48. The highest BCUT2D eigenvalue weighted by Crippen LogP contribution is 2.36. The molecule has 4 rings (SSSR count). The van der Waals surface area contributed by atoms with E-state index in [4.69, 9.17) is 21.1 Å². The van der Waals surface area contributed by atoms with Gasteiger partial charge in [0, 0.05) is 37.1 Å². The van der Waals surface area contributed by atoms with E-state index in [2.05, 4.69) is 10.3 Å². The second-order valence-electron chi connectivity index (χ2n) is 7.07. The van der Waals surface area contributed by atoms with E-state index in [0.717, 1.165) is 5.69 Å². The van der Waals surface area contributed by atoms with Crippen molar-refractivity contribution in [1.82, 2.24) is 9.55 Å². The van der Waals surface area contributed by atoms with E-state index in [9.17, 15) is 9.59 Å². The Morgan fingerprint density at radius 1 is 1.16 bits per heavy atom. The van der Waals surface area contributed by atoms with Gasteiger partial charge in [-0.25, -0.2) is 4.98 Å². The number of hydrogen-bond donors (Lipinski definition) is 1. The predicted octanol–water partition coefficient (Wildman–Crippen LogP) is 3.53. The average Bonchev–Trinajstić information content (AvgIpc) is 3.43. The first-order valence-corrected chi connectivity index (χ1v) is 9.99. The van der Waals surface area contributed by atoms with Crippen molar-refractivity contribution in [2.24, 2.45) is 5.92 Å². The van der Waals surface area contributed by atoms with Crippen molar-refractivity contribution in [3.05, 3.63) is 60.1 Å². The quantitative estimate of drug-likeness (QED) is 0.633. The van der Waals surface area contributed by atoms with E-state index in [-0.39, 0.29) is 24.8 Å². The molecule has 0 radical (unpaired) electrons. The first-order valence-electron chi connectivity index (χ1n) is 9.61. The van der Waals surface area contributed by atoms with Crippen molar-refractivity contribution in [3.8, 4) is 17.2 Å². The highest BCUT2D eigenvalue weighted by molar-refractivity contribution is 6.32. The molecule has 1 aliphatic rings. The molecule has 160 valence electrons. The van der Waals surface area contributed by atoms with Gasteiger partial charge < -0.3 is 24.3 Å². The number of carbonyl (C=O) groups excluding carboxylic acids is 2. The van der Waals surface area contributed by atoms with E-state index < -0.39 is 5.92 Å². The topological polar surface area (TPSA) is 85.7 Å². The number of carbonyl (C=O) groups is 2. The minimum absolute atomic E-state index is 0.104. The number of anilines is 2. The van der Waals surface area contributed by atoms with Gasteiger partial charge in [-0.15, -0.1) is 0 Å². The number of aromatic nitrogens is 2. The van der Waals surface area contributed by atoms with Crippen molar-refractivity contribution >= 4 is 34.8 Å². The molecule has 1 fully saturated rings. The molecule has 1 aliphatic heterocycles. The number of imidazole rings is 1. The van der Waals surface area contributed by atoms with Crippen LogP contribution in [0.2, 0.25) is 5.02 Å². The molecule has 2 aromatic carbocycles. The van der Waals surface area contributed by atoms with E-state index in [1.54, 1.807) is 71.7 Å². The lowest BCUT2D eigenvalue weighted by atomic mass is 10.1. The molecule has 3 aromatic rings. The predicted molar refractivity (Wildman–Crippen MR) is 117 cm³/mol. The summed E-state index contributed by atoms with van der Waals surface area (Å²) in [7, 11) is 3.09. The normalized spacial score (nSPS) is 15.8. The second kappa shape index (κ2) is 8.69. The standard InChI is InChI=1S/C22H21ClN4O4/c1-30-16-4-6-20(31-2)19(11-16)27-12-14(9-21(27)28)22(29)25-15-3-5-18(17(23)10-15)26-8-7-24-13-26/h3-8,10-11,13-14H,9,12H2,1-2H3,(H,25,29). The highest BCUT2D eigenvalue weighted by atomic mass is 35.5. The summed E-state index contributed by atoms with van der Waals surface area (Å²) in [5.74, 6) is 0.237. The van der Waals surface area contributed by atoms with Crippen LogP contribution in [0.4, 0.5) is 11.4 Å². The number of nitrogens with one attached hydrogen (secondary N) is 1. The minimum Gasteiger partial charge on any atom is -0.497 e. The van der Waals surface area contributed by atoms with Crippen LogP contribution in [-0.2, 0) is 9.59 Å². The summed E-state index contributed by atoms with van der Waals surface area (Å²) < 4.78 is 12.4. The molecule has 1 aromatic heterocycles. The number of hydrogen-bond acceptors (Lipinski definition) is 5. The van der Waals surface area contributed by atoms with Gasteiger partial charge >= 0.3 is 0 Å². The van der Waals surface area contributed by atoms with E-state index in [1.165, 1.54) is 7.11 Å². The Kier molecular flexibility index (Phi) is 5.81. The average molecular weight is 441 g/mol. The maximum absolute atomic E-state index is 12.8. The Bertz CT molecular complexity index is 1120. The summed E-state index contributed by atoms with van der Waals surface area (Å²) in [6.45, 7) is 0.245. The molecule has 1 saturated heterocycles. The molecule has 1 atom stereocenters. The summed E-state index contributed by atoms with van der Waals surface area (Å²) in [5, 5.41) is 3.33. The lowest BCUT2D eigenvalue weighted by molar-refractivity contribution is -0.122. The molecule has 0 spiro atoms. The Morgan fingerprint density at radius 2 is 2.00 bits per heavy atom. The molecule has 0 bridgehead atoms. The van der Waals surface area contributed by atoms with Crippen molar-refractivity contribution in [2.75, 3.05) is 31.0 Å². The van der Waals surface area contributed by atoms with Crippen LogP contribution in [0.5, 0.6) is 11.5 Å². The van der Waals surface area contributed by atoms with Crippen molar-refractivity contribution < 1.29 is 19.1 Å². The molecule has 0 saturated carbocycles. The summed E-state index contributed by atoms with van der Waals surface area (Å²) in [4.78, 5) is 31.1. The lowest BCUT2D eigenvalue weighted by Gasteiger charge is -2.20. The highest BCUT2D eigenvalue weighted by Gasteiger charge is 2.36. The van der Waals surface area contributed by atoms with Crippen LogP contribution in [0.3, 0.4) is 0 Å². The van der Waals surface area contributed by atoms with Crippen LogP contribution in [0.1, 0.15) is 6.42 Å². The van der Waals surface area contributed by atoms with E-state index in [0.29, 0.717) is 27.9 Å². The molecule has 1 unspecified atom stereocenters. The van der Waals surface area contributed by atoms with Crippen molar-refractivity contribution in [2.45, 2.75) is 6.42 Å². The fourth-order valence-electron chi connectivity index (χ4n) is 3.56. The SMILES string of the molecule is COc1ccc(OC)c(N2CC(C(=O)Nc3ccc(-n4ccnc4)c(Cl)c3)CC2=O)c1. The van der Waals surface area contributed by atoms with Gasteiger partial charge in [-0.3, -0.25) is 9.59 Å². The Labute approximate surface area is 184 Å². The fourth-order valence-corrected chi connectivity index (χ4v) is 3.84. The Morgan fingerprint density at radius 3 is 2.68 bits per heavy atom. The number of nitrogens with zero attached hydrogens (tertiary/aromatic N) is 3. The largest absolute Gasteiger partial charge is 0.497 e. The van der Waals surface area contributed by atoms with Crippen LogP contribution in [-0.4, -0.2) is 42.1 Å². The number of ether oxygens (including phenoxy) is 2. The summed E-state index contributed by atoms with van der Waals surface area (Å²) in [6.07, 6.45) is 5.19. The molecule has 31 heavy (non-hydrogen) atoms. The van der Waals surface area contributed by atoms with Gasteiger partial charge in [0.05, 0.1) is 42.9 Å². The minimum atomic E-state index is -0.504. The zero-order valence-electron chi connectivity index (χ0n) is 17.0. The van der Waals surface area contributed by atoms with Crippen LogP contribution in [0.15, 0.2) is 55.1 Å². The molecular weight excluding hydrogens is 420 g/mol. The number of rotatable bonds is 6. The maximum Gasteiger partial charge on any atom is 0.229 e. The number of halogens is 1. The van der Waals surface area contributed by atoms with E-state index >= 15 is 0 Å². The third-order valence-electron chi connectivity index (χ3n) is 5.17. The van der Waals surface area contributed by atoms with Gasteiger partial charge in [-0.05, 0) is 30.3 Å². The number of benzene rings is 2.